The first kappa shape index (κ1) is 26.1. The Morgan fingerprint density at radius 3 is 2.51 bits per heavy atom. The highest BCUT2D eigenvalue weighted by molar-refractivity contribution is 6.32. The molecule has 7 nitrogen and oxygen atoms in total. The lowest BCUT2D eigenvalue weighted by Gasteiger charge is -2.17. The van der Waals surface area contributed by atoms with E-state index >= 15 is 0 Å². The summed E-state index contributed by atoms with van der Waals surface area (Å²) in [7, 11) is 0. The maximum Gasteiger partial charge on any atom is 0.144 e. The molecule has 0 saturated carbocycles. The highest BCUT2D eigenvalue weighted by atomic mass is 35.5. The lowest BCUT2D eigenvalue weighted by molar-refractivity contribution is 0.306. The number of nitrogens with zero attached hydrogens (tertiary/aromatic N) is 3. The minimum atomic E-state index is 0.354. The van der Waals surface area contributed by atoms with Gasteiger partial charge in [-0.15, -0.1) is 0 Å². The summed E-state index contributed by atoms with van der Waals surface area (Å²) >= 11 is 6.57. The fraction of sp³-hybridized carbons (Fsp3) is 0.276. The van der Waals surface area contributed by atoms with Crippen LogP contribution in [0.4, 0.5) is 17.1 Å². The smallest absolute Gasteiger partial charge is 0.144 e. The summed E-state index contributed by atoms with van der Waals surface area (Å²) in [6, 6.07) is 15.4. The number of nitriles is 1. The Labute approximate surface area is 222 Å². The third-order valence-corrected chi connectivity index (χ3v) is 6.27. The number of nitrogen functional groups attached to an aromatic ring is 1. The molecule has 0 unspecified atom stereocenters. The van der Waals surface area contributed by atoms with Gasteiger partial charge in [-0.1, -0.05) is 38.4 Å². The number of hydrogen-bond donors (Lipinski definition) is 2. The van der Waals surface area contributed by atoms with Crippen molar-refractivity contribution in [2.45, 2.75) is 46.6 Å². The van der Waals surface area contributed by atoms with Gasteiger partial charge in [0.15, 0.2) is 0 Å². The number of benzene rings is 2. The third-order valence-electron chi connectivity index (χ3n) is 5.97. The molecule has 0 atom stereocenters. The van der Waals surface area contributed by atoms with Crippen molar-refractivity contribution in [2.24, 2.45) is 0 Å². The maximum absolute atomic E-state index is 9.96. The van der Waals surface area contributed by atoms with Gasteiger partial charge in [-0.05, 0) is 49.6 Å². The lowest BCUT2D eigenvalue weighted by atomic mass is 10.0. The topological polar surface area (TPSA) is 106 Å². The summed E-state index contributed by atoms with van der Waals surface area (Å²) in [5.41, 5.74) is 11.9. The summed E-state index contributed by atoms with van der Waals surface area (Å²) in [6.07, 6.45) is 2.42. The molecule has 0 fully saturated rings. The zero-order chi connectivity index (χ0) is 26.5. The molecule has 8 heteroatoms. The van der Waals surface area contributed by atoms with Crippen LogP contribution in [0.1, 0.15) is 56.1 Å². The molecule has 0 radical (unpaired) electrons. The van der Waals surface area contributed by atoms with Crippen LogP contribution in [0.25, 0.3) is 10.9 Å². The first-order valence-corrected chi connectivity index (χ1v) is 12.7. The molecule has 2 aromatic carbocycles. The van der Waals surface area contributed by atoms with E-state index in [-0.39, 0.29) is 0 Å². The van der Waals surface area contributed by atoms with Crippen molar-refractivity contribution in [3.05, 3.63) is 76.2 Å². The zero-order valence-electron chi connectivity index (χ0n) is 21.4. The van der Waals surface area contributed by atoms with Crippen molar-refractivity contribution in [1.82, 2.24) is 9.97 Å². The average molecular weight is 516 g/mol. The van der Waals surface area contributed by atoms with E-state index in [2.05, 4.69) is 30.2 Å². The molecule has 4 aromatic rings. The molecule has 0 amide bonds. The van der Waals surface area contributed by atoms with Gasteiger partial charge in [0.05, 0.1) is 39.8 Å². The van der Waals surface area contributed by atoms with Crippen LogP contribution < -0.4 is 20.5 Å². The van der Waals surface area contributed by atoms with Gasteiger partial charge >= 0.3 is 0 Å². The van der Waals surface area contributed by atoms with Crippen LogP contribution in [-0.4, -0.2) is 16.6 Å². The number of hydrogen-bond acceptors (Lipinski definition) is 7. The number of fused-ring (bicyclic) bond motifs is 1. The number of aryl methyl sites for hydroxylation is 1. The predicted octanol–water partition coefficient (Wildman–Crippen LogP) is 7.14. The molecular weight excluding hydrogens is 486 g/mol. The van der Waals surface area contributed by atoms with Gasteiger partial charge in [-0.25, -0.2) is 0 Å². The van der Waals surface area contributed by atoms with Crippen molar-refractivity contribution in [3.63, 3.8) is 0 Å². The molecule has 0 spiro atoms. The molecule has 4 rings (SSSR count). The van der Waals surface area contributed by atoms with Gasteiger partial charge in [0.25, 0.3) is 0 Å². The highest BCUT2D eigenvalue weighted by Gasteiger charge is 2.17. The van der Waals surface area contributed by atoms with E-state index in [1.807, 2.05) is 44.3 Å². The van der Waals surface area contributed by atoms with Crippen LogP contribution in [0.5, 0.6) is 11.5 Å². The largest absolute Gasteiger partial charge is 0.492 e. The third kappa shape index (κ3) is 5.71. The van der Waals surface area contributed by atoms with E-state index in [1.54, 1.807) is 18.2 Å². The molecule has 0 saturated heterocycles. The second-order valence-electron chi connectivity index (χ2n) is 8.92. The number of anilines is 3. The Hall–Kier alpha value is -4.02. The number of ether oxygens (including phenoxy) is 2. The van der Waals surface area contributed by atoms with Gasteiger partial charge in [-0.2, -0.15) is 5.26 Å². The van der Waals surface area contributed by atoms with E-state index in [4.69, 9.17) is 31.8 Å². The molecule has 3 N–H and O–H groups in total. The number of nitrogens with one attached hydrogen (secondary N) is 1. The van der Waals surface area contributed by atoms with E-state index in [9.17, 15) is 5.26 Å². The summed E-state index contributed by atoms with van der Waals surface area (Å²) in [6.45, 7) is 8.93. The standard InChI is InChI=1S/C29H30ClN5O2/c1-5-24-21(14-31)29(20-12-23(32)28(36-6-2)13-26(20)35-24)34-19-8-10-27(22(30)11-19)37-16-18-7-9-25(17(3)4)33-15-18/h7-13,15,17H,5-6,16,32H2,1-4H3,(H,34,35). The number of aromatic nitrogens is 2. The Morgan fingerprint density at radius 2 is 1.89 bits per heavy atom. The Kier molecular flexibility index (Phi) is 8.00. The quantitative estimate of drug-likeness (QED) is 0.228. The second kappa shape index (κ2) is 11.4. The van der Waals surface area contributed by atoms with Crippen molar-refractivity contribution < 1.29 is 9.47 Å². The molecule has 0 aliphatic carbocycles. The van der Waals surface area contributed by atoms with Crippen molar-refractivity contribution >= 4 is 39.6 Å². The van der Waals surface area contributed by atoms with Crippen LogP contribution in [0.3, 0.4) is 0 Å². The fourth-order valence-corrected chi connectivity index (χ4v) is 4.24. The molecule has 2 heterocycles. The van der Waals surface area contributed by atoms with E-state index in [1.165, 1.54) is 0 Å². The molecule has 0 bridgehead atoms. The zero-order valence-corrected chi connectivity index (χ0v) is 22.2. The first-order chi connectivity index (χ1) is 17.8. The number of rotatable bonds is 9. The van der Waals surface area contributed by atoms with Crippen LogP contribution in [0, 0.1) is 11.3 Å². The van der Waals surface area contributed by atoms with Gasteiger partial charge in [0.1, 0.15) is 24.2 Å². The summed E-state index contributed by atoms with van der Waals surface area (Å²) in [4.78, 5) is 9.18. The van der Waals surface area contributed by atoms with Crippen LogP contribution >= 0.6 is 11.6 Å². The van der Waals surface area contributed by atoms with Gasteiger partial charge in [0, 0.05) is 34.6 Å². The Morgan fingerprint density at radius 1 is 1.08 bits per heavy atom. The molecule has 190 valence electrons. The van der Waals surface area contributed by atoms with Crippen molar-refractivity contribution in [2.75, 3.05) is 17.7 Å². The van der Waals surface area contributed by atoms with E-state index in [0.29, 0.717) is 75.9 Å². The number of nitrogens with two attached hydrogens (primary N) is 1. The molecule has 0 aliphatic heterocycles. The van der Waals surface area contributed by atoms with E-state index < -0.39 is 0 Å². The minimum absolute atomic E-state index is 0.354. The van der Waals surface area contributed by atoms with Crippen LogP contribution in [0.15, 0.2) is 48.7 Å². The van der Waals surface area contributed by atoms with Gasteiger partial charge in [-0.3, -0.25) is 9.97 Å². The van der Waals surface area contributed by atoms with Crippen LogP contribution in [-0.2, 0) is 13.0 Å². The van der Waals surface area contributed by atoms with Crippen LogP contribution in [0.2, 0.25) is 5.02 Å². The average Bonchev–Trinajstić information content (AvgIpc) is 2.89. The van der Waals surface area contributed by atoms with E-state index in [0.717, 1.165) is 16.6 Å². The summed E-state index contributed by atoms with van der Waals surface area (Å²) in [5.74, 6) is 1.50. The number of halogens is 1. The predicted molar refractivity (Wildman–Crippen MR) is 149 cm³/mol. The SMILES string of the molecule is CCOc1cc2nc(CC)c(C#N)c(Nc3ccc(OCc4ccc(C(C)C)nc4)c(Cl)c3)c2cc1N. The molecule has 37 heavy (non-hydrogen) atoms. The number of pyridine rings is 2. The first-order valence-electron chi connectivity index (χ1n) is 12.3. The fourth-order valence-electron chi connectivity index (χ4n) is 4.01. The van der Waals surface area contributed by atoms with Gasteiger partial charge in [0.2, 0.25) is 0 Å². The highest BCUT2D eigenvalue weighted by Crippen LogP contribution is 2.37. The molecular formula is C29H30ClN5O2. The molecule has 0 aliphatic rings. The Balaban J connectivity index is 1.62. The maximum atomic E-state index is 9.96. The summed E-state index contributed by atoms with van der Waals surface area (Å²) in [5, 5.41) is 14.5. The van der Waals surface area contributed by atoms with Crippen molar-refractivity contribution in [1.29, 1.82) is 5.26 Å². The van der Waals surface area contributed by atoms with Crippen molar-refractivity contribution in [3.8, 4) is 17.6 Å². The lowest BCUT2D eigenvalue weighted by Crippen LogP contribution is -2.04. The second-order valence-corrected chi connectivity index (χ2v) is 9.33. The Bertz CT molecular complexity index is 1460. The minimum Gasteiger partial charge on any atom is -0.492 e. The summed E-state index contributed by atoms with van der Waals surface area (Å²) < 4.78 is 11.6. The van der Waals surface area contributed by atoms with Gasteiger partial charge < -0.3 is 20.5 Å². The molecule has 2 aromatic heterocycles. The normalized spacial score (nSPS) is 10.9. The monoisotopic (exact) mass is 515 g/mol.